The van der Waals surface area contributed by atoms with Crippen molar-refractivity contribution < 1.29 is 14.3 Å². The van der Waals surface area contributed by atoms with Gasteiger partial charge in [-0.25, -0.2) is 4.68 Å². The van der Waals surface area contributed by atoms with E-state index in [0.29, 0.717) is 19.1 Å². The Hall–Kier alpha value is -2.64. The van der Waals surface area contributed by atoms with Crippen molar-refractivity contribution in [3.05, 3.63) is 30.1 Å². The van der Waals surface area contributed by atoms with Gasteiger partial charge in [-0.05, 0) is 46.9 Å². The van der Waals surface area contributed by atoms with Gasteiger partial charge in [-0.1, -0.05) is 6.07 Å². The fraction of sp³-hybridized carbons (Fsp3) is 0.467. The number of hydrogen-bond acceptors (Lipinski definition) is 6. The molecule has 1 aliphatic carbocycles. The van der Waals surface area contributed by atoms with Crippen molar-refractivity contribution in [1.82, 2.24) is 25.5 Å². The first kappa shape index (κ1) is 14.0. The molecule has 4 rings (SSSR count). The Kier molecular flexibility index (Phi) is 3.57. The zero-order valence-electron chi connectivity index (χ0n) is 12.5. The van der Waals surface area contributed by atoms with E-state index in [0.717, 1.165) is 29.9 Å². The lowest BCUT2D eigenvalue weighted by Crippen LogP contribution is -2.33. The minimum atomic E-state index is -0.107. The van der Waals surface area contributed by atoms with Crippen LogP contribution in [0.15, 0.2) is 24.5 Å². The summed E-state index contributed by atoms with van der Waals surface area (Å²) in [4.78, 5) is 12.2. The van der Waals surface area contributed by atoms with Gasteiger partial charge in [-0.2, -0.15) is 0 Å². The number of hydrogen-bond donors (Lipinski definition) is 1. The number of nitrogens with one attached hydrogen (secondary N) is 1. The van der Waals surface area contributed by atoms with Gasteiger partial charge in [0.1, 0.15) is 26.1 Å². The first-order chi connectivity index (χ1) is 11.3. The zero-order valence-corrected chi connectivity index (χ0v) is 12.5. The molecule has 1 fully saturated rings. The summed E-state index contributed by atoms with van der Waals surface area (Å²) in [5.74, 6) is 1.86. The lowest BCUT2D eigenvalue weighted by Gasteiger charge is -2.23. The molecule has 1 atom stereocenters. The summed E-state index contributed by atoms with van der Waals surface area (Å²) in [7, 11) is 0. The van der Waals surface area contributed by atoms with Crippen LogP contribution in [-0.2, 0) is 11.3 Å². The topological polar surface area (TPSA) is 91.2 Å². The third-order valence-corrected chi connectivity index (χ3v) is 4.03. The predicted octanol–water partition coefficient (Wildman–Crippen LogP) is 0.712. The van der Waals surface area contributed by atoms with E-state index in [4.69, 9.17) is 9.47 Å². The van der Waals surface area contributed by atoms with E-state index in [1.165, 1.54) is 11.0 Å². The Morgan fingerprint density at radius 3 is 2.87 bits per heavy atom. The molecule has 1 aromatic heterocycles. The van der Waals surface area contributed by atoms with Gasteiger partial charge in [0.15, 0.2) is 11.5 Å². The maximum Gasteiger partial charge on any atom is 0.242 e. The first-order valence-corrected chi connectivity index (χ1v) is 7.69. The van der Waals surface area contributed by atoms with Crippen molar-refractivity contribution in [2.45, 2.75) is 25.4 Å². The third kappa shape index (κ3) is 3.10. The van der Waals surface area contributed by atoms with E-state index in [1.54, 1.807) is 0 Å². The van der Waals surface area contributed by atoms with Gasteiger partial charge in [0.2, 0.25) is 5.91 Å². The molecular weight excluding hydrogens is 298 g/mol. The van der Waals surface area contributed by atoms with Crippen molar-refractivity contribution >= 4 is 5.91 Å². The highest BCUT2D eigenvalue weighted by atomic mass is 16.6. The summed E-state index contributed by atoms with van der Waals surface area (Å²) >= 11 is 0. The molecule has 1 N–H and O–H groups in total. The summed E-state index contributed by atoms with van der Waals surface area (Å²) in [6.45, 7) is 1.23. The van der Waals surface area contributed by atoms with Gasteiger partial charge in [0, 0.05) is 0 Å². The number of rotatable bonds is 5. The number of nitrogens with zero attached hydrogens (tertiary/aromatic N) is 4. The van der Waals surface area contributed by atoms with Crippen LogP contribution in [0.3, 0.4) is 0 Å². The number of ether oxygens (including phenoxy) is 2. The Bertz CT molecular complexity index is 699. The highest BCUT2D eigenvalue weighted by Gasteiger charge is 2.34. The van der Waals surface area contributed by atoms with E-state index >= 15 is 0 Å². The van der Waals surface area contributed by atoms with E-state index in [9.17, 15) is 4.79 Å². The van der Waals surface area contributed by atoms with Crippen LogP contribution in [0.4, 0.5) is 0 Å². The van der Waals surface area contributed by atoms with E-state index in [2.05, 4.69) is 20.8 Å². The van der Waals surface area contributed by atoms with Crippen LogP contribution in [0.2, 0.25) is 0 Å². The Morgan fingerprint density at radius 1 is 1.30 bits per heavy atom. The second-order valence-corrected chi connectivity index (χ2v) is 5.79. The van der Waals surface area contributed by atoms with Crippen molar-refractivity contribution in [3.63, 3.8) is 0 Å². The van der Waals surface area contributed by atoms with E-state index in [1.807, 2.05) is 18.2 Å². The van der Waals surface area contributed by atoms with Crippen molar-refractivity contribution in [1.29, 1.82) is 0 Å². The van der Waals surface area contributed by atoms with Crippen LogP contribution >= 0.6 is 0 Å². The molecule has 0 unspecified atom stereocenters. The number of carbonyl (C=O) groups is 1. The lowest BCUT2D eigenvalue weighted by atomic mass is 10.0. The van der Waals surface area contributed by atoms with E-state index in [-0.39, 0.29) is 18.5 Å². The highest BCUT2D eigenvalue weighted by molar-refractivity contribution is 5.76. The van der Waals surface area contributed by atoms with Crippen LogP contribution in [-0.4, -0.2) is 39.3 Å². The van der Waals surface area contributed by atoms with Crippen LogP contribution in [0, 0.1) is 5.92 Å². The molecule has 8 nitrogen and oxygen atoms in total. The maximum absolute atomic E-state index is 12.2. The fourth-order valence-electron chi connectivity index (χ4n) is 2.78. The molecule has 0 saturated heterocycles. The lowest BCUT2D eigenvalue weighted by molar-refractivity contribution is -0.122. The molecule has 0 bridgehead atoms. The van der Waals surface area contributed by atoms with Gasteiger partial charge >= 0.3 is 0 Å². The van der Waals surface area contributed by atoms with Gasteiger partial charge in [-0.3, -0.25) is 4.79 Å². The van der Waals surface area contributed by atoms with Gasteiger partial charge in [0.05, 0.1) is 6.04 Å². The summed E-state index contributed by atoms with van der Waals surface area (Å²) < 4.78 is 12.6. The molecule has 1 aromatic carbocycles. The Balaban J connectivity index is 1.50. The average molecular weight is 315 g/mol. The number of amides is 1. The third-order valence-electron chi connectivity index (χ3n) is 4.03. The SMILES string of the molecule is O=C(Cn1cnnn1)N[C@@H](c1ccc2c(c1)OCCO2)C1CC1. The summed E-state index contributed by atoms with van der Waals surface area (Å²) in [6.07, 6.45) is 3.66. The van der Waals surface area contributed by atoms with Gasteiger partial charge in [-0.15, -0.1) is 5.10 Å². The second-order valence-electron chi connectivity index (χ2n) is 5.79. The Labute approximate surface area is 132 Å². The van der Waals surface area contributed by atoms with Crippen molar-refractivity contribution in [2.75, 3.05) is 13.2 Å². The molecule has 23 heavy (non-hydrogen) atoms. The smallest absolute Gasteiger partial charge is 0.242 e. The average Bonchev–Trinajstić information content (AvgIpc) is 3.29. The minimum absolute atomic E-state index is 0.0187. The number of tetrazole rings is 1. The molecule has 1 saturated carbocycles. The maximum atomic E-state index is 12.2. The molecule has 2 heterocycles. The highest BCUT2D eigenvalue weighted by Crippen LogP contribution is 2.43. The number of fused-ring (bicyclic) bond motifs is 1. The summed E-state index contributed by atoms with van der Waals surface area (Å²) in [5.41, 5.74) is 1.04. The van der Waals surface area contributed by atoms with Crippen molar-refractivity contribution in [2.24, 2.45) is 5.92 Å². The molecule has 0 radical (unpaired) electrons. The molecule has 1 aliphatic heterocycles. The molecule has 2 aliphatic rings. The monoisotopic (exact) mass is 315 g/mol. The largest absolute Gasteiger partial charge is 0.486 e. The van der Waals surface area contributed by atoms with Crippen molar-refractivity contribution in [3.8, 4) is 11.5 Å². The second kappa shape index (κ2) is 5.86. The van der Waals surface area contributed by atoms with Crippen LogP contribution < -0.4 is 14.8 Å². The number of benzene rings is 1. The standard InChI is InChI=1S/C15H17N5O3/c21-14(8-20-9-16-18-19-20)17-15(10-1-2-10)11-3-4-12-13(7-11)23-6-5-22-12/h3-4,7,9-10,15H,1-2,5-6,8H2,(H,17,21)/t15-/m1/s1. The molecule has 120 valence electrons. The van der Waals surface area contributed by atoms with Gasteiger partial charge in [0.25, 0.3) is 0 Å². The Morgan fingerprint density at radius 2 is 2.13 bits per heavy atom. The fourth-order valence-corrected chi connectivity index (χ4v) is 2.78. The van der Waals surface area contributed by atoms with Crippen LogP contribution in [0.25, 0.3) is 0 Å². The molecular formula is C15H17N5O3. The van der Waals surface area contributed by atoms with Crippen LogP contribution in [0.1, 0.15) is 24.4 Å². The number of aromatic nitrogens is 4. The molecule has 8 heteroatoms. The van der Waals surface area contributed by atoms with Gasteiger partial charge < -0.3 is 14.8 Å². The minimum Gasteiger partial charge on any atom is -0.486 e. The first-order valence-electron chi connectivity index (χ1n) is 7.69. The molecule has 1 amide bonds. The number of carbonyl (C=O) groups excluding carboxylic acids is 1. The molecule has 0 spiro atoms. The normalized spacial score (nSPS) is 17.6. The summed E-state index contributed by atoms with van der Waals surface area (Å²) in [6, 6.07) is 5.85. The quantitative estimate of drug-likeness (QED) is 0.874. The van der Waals surface area contributed by atoms with Crippen LogP contribution in [0.5, 0.6) is 11.5 Å². The zero-order chi connectivity index (χ0) is 15.6. The summed E-state index contributed by atoms with van der Waals surface area (Å²) in [5, 5.41) is 13.9. The van der Waals surface area contributed by atoms with E-state index < -0.39 is 0 Å². The molecule has 2 aromatic rings. The predicted molar refractivity (Wildman–Crippen MR) is 78.9 cm³/mol.